The van der Waals surface area contributed by atoms with Gasteiger partial charge >= 0.3 is 0 Å². The second kappa shape index (κ2) is 5.57. The minimum absolute atomic E-state index is 0.0242. The number of nitrogens with one attached hydrogen (secondary N) is 1. The largest absolute Gasteiger partial charge is 0.321 e. The van der Waals surface area contributed by atoms with Gasteiger partial charge in [-0.05, 0) is 30.7 Å². The highest BCUT2D eigenvalue weighted by Crippen LogP contribution is 2.29. The Hall–Kier alpha value is -2.73. The van der Waals surface area contributed by atoms with Gasteiger partial charge in [-0.15, -0.1) is 11.3 Å². The van der Waals surface area contributed by atoms with E-state index < -0.39 is 4.92 Å². The molecule has 3 aromatic rings. The van der Waals surface area contributed by atoms with Crippen molar-refractivity contribution in [1.82, 2.24) is 0 Å². The van der Waals surface area contributed by atoms with Gasteiger partial charge in [-0.25, -0.2) is 0 Å². The Balaban J connectivity index is 1.91. The van der Waals surface area contributed by atoms with Crippen LogP contribution in [0.4, 0.5) is 11.4 Å². The van der Waals surface area contributed by atoms with Crippen LogP contribution in [0.2, 0.25) is 0 Å². The maximum absolute atomic E-state index is 12.3. The number of nitro benzene ring substituents is 1. The molecule has 2 aromatic carbocycles. The number of benzene rings is 2. The highest BCUT2D eigenvalue weighted by atomic mass is 32.1. The van der Waals surface area contributed by atoms with Crippen LogP contribution in [-0.2, 0) is 0 Å². The molecule has 5 nitrogen and oxygen atoms in total. The van der Waals surface area contributed by atoms with Crippen LogP contribution in [0.25, 0.3) is 10.1 Å². The van der Waals surface area contributed by atoms with Crippen molar-refractivity contribution in [3.8, 4) is 0 Å². The zero-order valence-corrected chi connectivity index (χ0v) is 12.5. The number of carbonyl (C=O) groups is 1. The zero-order valence-electron chi connectivity index (χ0n) is 11.7. The van der Waals surface area contributed by atoms with E-state index >= 15 is 0 Å². The molecule has 0 saturated heterocycles. The zero-order chi connectivity index (χ0) is 15.7. The molecule has 0 aliphatic heterocycles. The monoisotopic (exact) mass is 312 g/mol. The molecule has 1 N–H and O–H groups in total. The Kier molecular flexibility index (Phi) is 3.60. The van der Waals surface area contributed by atoms with Gasteiger partial charge < -0.3 is 5.32 Å². The fourth-order valence-corrected chi connectivity index (χ4v) is 3.09. The molecule has 6 heteroatoms. The molecule has 1 amide bonds. The summed E-state index contributed by atoms with van der Waals surface area (Å²) >= 11 is 1.32. The summed E-state index contributed by atoms with van der Waals surface area (Å²) in [5, 5.41) is 14.4. The lowest BCUT2D eigenvalue weighted by molar-refractivity contribution is -0.384. The summed E-state index contributed by atoms with van der Waals surface area (Å²) in [6.07, 6.45) is 0. The molecular formula is C16H12N2O3S. The van der Waals surface area contributed by atoms with Crippen molar-refractivity contribution in [1.29, 1.82) is 0 Å². The van der Waals surface area contributed by atoms with Crippen LogP contribution >= 0.6 is 11.3 Å². The molecule has 0 aliphatic rings. The number of fused-ring (bicyclic) bond motifs is 1. The van der Waals surface area contributed by atoms with Crippen LogP contribution in [0.1, 0.15) is 15.2 Å². The van der Waals surface area contributed by atoms with Crippen LogP contribution < -0.4 is 5.32 Å². The lowest BCUT2D eigenvalue weighted by atomic mass is 10.2. The van der Waals surface area contributed by atoms with Gasteiger partial charge in [0.2, 0.25) is 0 Å². The molecule has 0 saturated carbocycles. The first-order valence-electron chi connectivity index (χ1n) is 6.59. The van der Waals surface area contributed by atoms with Gasteiger partial charge in [-0.1, -0.05) is 18.2 Å². The number of nitrogens with zero attached hydrogens (tertiary/aromatic N) is 1. The van der Waals surface area contributed by atoms with E-state index in [0.29, 0.717) is 10.3 Å². The SMILES string of the molecule is Cc1ccccc1NC(=O)c1cc2cc([N+](=O)[O-])ccc2s1. The number of anilines is 1. The summed E-state index contributed by atoms with van der Waals surface area (Å²) in [4.78, 5) is 23.2. The summed E-state index contributed by atoms with van der Waals surface area (Å²) in [7, 11) is 0. The lowest BCUT2D eigenvalue weighted by Gasteiger charge is -2.06. The molecule has 1 aromatic heterocycles. The van der Waals surface area contributed by atoms with E-state index in [0.717, 1.165) is 16.0 Å². The predicted molar refractivity (Wildman–Crippen MR) is 87.6 cm³/mol. The number of nitro groups is 1. The number of hydrogen-bond acceptors (Lipinski definition) is 4. The van der Waals surface area contributed by atoms with E-state index in [1.54, 1.807) is 12.1 Å². The molecular weight excluding hydrogens is 300 g/mol. The first kappa shape index (κ1) is 14.2. The predicted octanol–water partition coefficient (Wildman–Crippen LogP) is 4.37. The fraction of sp³-hybridized carbons (Fsp3) is 0.0625. The average Bonchev–Trinajstić information content (AvgIpc) is 2.92. The van der Waals surface area contributed by atoms with Gasteiger partial charge in [0.1, 0.15) is 0 Å². The first-order chi connectivity index (χ1) is 10.5. The van der Waals surface area contributed by atoms with Gasteiger partial charge in [0.25, 0.3) is 11.6 Å². The van der Waals surface area contributed by atoms with Gasteiger partial charge in [-0.2, -0.15) is 0 Å². The molecule has 0 fully saturated rings. The highest BCUT2D eigenvalue weighted by molar-refractivity contribution is 7.20. The van der Waals surface area contributed by atoms with Gasteiger partial charge in [0.15, 0.2) is 0 Å². The van der Waals surface area contributed by atoms with E-state index in [4.69, 9.17) is 0 Å². The maximum Gasteiger partial charge on any atom is 0.270 e. The Morgan fingerprint density at radius 1 is 1.18 bits per heavy atom. The van der Waals surface area contributed by atoms with Crippen molar-refractivity contribution in [2.45, 2.75) is 6.92 Å². The van der Waals surface area contributed by atoms with Crippen LogP contribution in [0.15, 0.2) is 48.5 Å². The van der Waals surface area contributed by atoms with Crippen molar-refractivity contribution in [3.63, 3.8) is 0 Å². The Morgan fingerprint density at radius 3 is 2.68 bits per heavy atom. The molecule has 0 atom stereocenters. The fourth-order valence-electron chi connectivity index (χ4n) is 2.15. The number of hydrogen-bond donors (Lipinski definition) is 1. The molecule has 22 heavy (non-hydrogen) atoms. The number of thiophene rings is 1. The summed E-state index contributed by atoms with van der Waals surface area (Å²) < 4.78 is 0.848. The third-order valence-corrected chi connectivity index (χ3v) is 4.44. The molecule has 3 rings (SSSR count). The number of para-hydroxylation sites is 1. The summed E-state index contributed by atoms with van der Waals surface area (Å²) in [5.41, 5.74) is 1.76. The summed E-state index contributed by atoms with van der Waals surface area (Å²) in [6, 6.07) is 13.8. The molecule has 110 valence electrons. The second-order valence-corrected chi connectivity index (χ2v) is 5.94. The molecule has 0 radical (unpaired) electrons. The third kappa shape index (κ3) is 2.68. The maximum atomic E-state index is 12.3. The Bertz CT molecular complexity index is 886. The minimum Gasteiger partial charge on any atom is -0.321 e. The number of aryl methyl sites for hydroxylation is 1. The first-order valence-corrected chi connectivity index (χ1v) is 7.41. The Morgan fingerprint density at radius 2 is 1.95 bits per heavy atom. The van der Waals surface area contributed by atoms with Crippen molar-refractivity contribution in [2.75, 3.05) is 5.32 Å². The Labute approximate surface area is 130 Å². The molecule has 0 bridgehead atoms. The molecule has 0 aliphatic carbocycles. The highest BCUT2D eigenvalue weighted by Gasteiger charge is 2.14. The van der Waals surface area contributed by atoms with Gasteiger partial charge in [0, 0.05) is 27.9 Å². The van der Waals surface area contributed by atoms with E-state index in [1.165, 1.54) is 23.5 Å². The van der Waals surface area contributed by atoms with Crippen molar-refractivity contribution in [3.05, 3.63) is 69.1 Å². The summed E-state index contributed by atoms with van der Waals surface area (Å²) in [6.45, 7) is 1.92. The molecule has 0 unspecified atom stereocenters. The summed E-state index contributed by atoms with van der Waals surface area (Å²) in [5.74, 6) is -0.210. The van der Waals surface area contributed by atoms with E-state index in [2.05, 4.69) is 5.32 Å². The minimum atomic E-state index is -0.440. The van der Waals surface area contributed by atoms with Crippen molar-refractivity contribution >= 4 is 38.7 Å². The van der Waals surface area contributed by atoms with E-state index in [-0.39, 0.29) is 11.6 Å². The quantitative estimate of drug-likeness (QED) is 0.576. The van der Waals surface area contributed by atoms with E-state index in [1.807, 2.05) is 31.2 Å². The van der Waals surface area contributed by atoms with Crippen LogP contribution in [0, 0.1) is 17.0 Å². The number of carbonyl (C=O) groups excluding carboxylic acids is 1. The number of rotatable bonds is 3. The average molecular weight is 312 g/mol. The number of amides is 1. The van der Waals surface area contributed by atoms with Gasteiger partial charge in [-0.3, -0.25) is 14.9 Å². The van der Waals surface area contributed by atoms with Crippen LogP contribution in [0.5, 0.6) is 0 Å². The smallest absolute Gasteiger partial charge is 0.270 e. The standard InChI is InChI=1S/C16H12N2O3S/c1-10-4-2-3-5-13(10)17-16(19)15-9-11-8-12(18(20)21)6-7-14(11)22-15/h2-9H,1H3,(H,17,19). The normalized spacial score (nSPS) is 10.6. The molecule has 0 spiro atoms. The third-order valence-electron chi connectivity index (χ3n) is 3.33. The molecule has 1 heterocycles. The number of non-ortho nitro benzene ring substituents is 1. The second-order valence-electron chi connectivity index (χ2n) is 4.86. The van der Waals surface area contributed by atoms with Crippen molar-refractivity contribution in [2.24, 2.45) is 0 Å². The van der Waals surface area contributed by atoms with Crippen molar-refractivity contribution < 1.29 is 9.72 Å². The van der Waals surface area contributed by atoms with Crippen LogP contribution in [0.3, 0.4) is 0 Å². The van der Waals surface area contributed by atoms with Crippen LogP contribution in [-0.4, -0.2) is 10.8 Å². The topological polar surface area (TPSA) is 72.2 Å². The lowest BCUT2D eigenvalue weighted by Crippen LogP contribution is -2.10. The van der Waals surface area contributed by atoms with Gasteiger partial charge in [0.05, 0.1) is 9.80 Å². The van der Waals surface area contributed by atoms with E-state index in [9.17, 15) is 14.9 Å².